The van der Waals surface area contributed by atoms with Gasteiger partial charge in [0.2, 0.25) is 0 Å². The molecule has 0 saturated heterocycles. The smallest absolute Gasteiger partial charge is 0.0720 e. The molecule has 1 rings (SSSR count). The Kier molecular flexibility index (Phi) is 12.6. The van der Waals surface area contributed by atoms with Gasteiger partial charge < -0.3 is 23.7 Å². The van der Waals surface area contributed by atoms with Crippen LogP contribution in [0, 0.1) is 0 Å². The van der Waals surface area contributed by atoms with Crippen LogP contribution in [-0.4, -0.2) is 60.0 Å². The lowest BCUT2D eigenvalue weighted by molar-refractivity contribution is -0.00954. The van der Waals surface area contributed by atoms with Crippen molar-refractivity contribution in [1.82, 2.24) is 0 Å². The van der Waals surface area contributed by atoms with Crippen molar-refractivity contribution in [2.24, 2.45) is 0 Å². The van der Waals surface area contributed by atoms with Crippen molar-refractivity contribution >= 4 is 0 Å². The SMILES string of the molecule is COCCOCCOCCOCCOCc1ccccc1C(C)C. The number of ether oxygens (including phenoxy) is 5. The molecule has 0 aliphatic carbocycles. The van der Waals surface area contributed by atoms with Crippen molar-refractivity contribution in [2.45, 2.75) is 26.4 Å². The highest BCUT2D eigenvalue weighted by atomic mass is 16.6. The minimum absolute atomic E-state index is 0.511. The maximum absolute atomic E-state index is 5.70. The van der Waals surface area contributed by atoms with E-state index in [4.69, 9.17) is 23.7 Å². The Labute approximate surface area is 146 Å². The summed E-state index contributed by atoms with van der Waals surface area (Å²) in [5.41, 5.74) is 2.60. The molecule has 0 aliphatic rings. The molecule has 5 nitrogen and oxygen atoms in total. The molecule has 0 heterocycles. The third-order valence-electron chi connectivity index (χ3n) is 3.48. The van der Waals surface area contributed by atoms with Crippen LogP contribution in [0.15, 0.2) is 24.3 Å². The fourth-order valence-electron chi connectivity index (χ4n) is 2.21. The third kappa shape index (κ3) is 10.0. The summed E-state index contributed by atoms with van der Waals surface area (Å²) >= 11 is 0. The molecule has 5 heteroatoms. The van der Waals surface area contributed by atoms with E-state index < -0.39 is 0 Å². The number of hydrogen-bond donors (Lipinski definition) is 0. The van der Waals surface area contributed by atoms with E-state index in [9.17, 15) is 0 Å². The van der Waals surface area contributed by atoms with E-state index in [1.165, 1.54) is 11.1 Å². The van der Waals surface area contributed by atoms with E-state index in [-0.39, 0.29) is 0 Å². The lowest BCUT2D eigenvalue weighted by atomic mass is 9.98. The summed E-state index contributed by atoms with van der Waals surface area (Å²) in [5, 5.41) is 0. The van der Waals surface area contributed by atoms with Gasteiger partial charge in [0.05, 0.1) is 59.5 Å². The molecule has 0 aromatic heterocycles. The van der Waals surface area contributed by atoms with Crippen molar-refractivity contribution in [3.63, 3.8) is 0 Å². The van der Waals surface area contributed by atoms with Gasteiger partial charge >= 0.3 is 0 Å². The van der Waals surface area contributed by atoms with E-state index >= 15 is 0 Å². The van der Waals surface area contributed by atoms with Crippen molar-refractivity contribution in [1.29, 1.82) is 0 Å². The van der Waals surface area contributed by atoms with Gasteiger partial charge in [-0.3, -0.25) is 0 Å². The number of hydrogen-bond acceptors (Lipinski definition) is 5. The summed E-state index contributed by atoms with van der Waals surface area (Å²) in [4.78, 5) is 0. The number of benzene rings is 1. The standard InChI is InChI=1S/C19H32O5/c1-17(2)19-7-5-4-6-18(19)16-24-15-14-23-13-12-22-11-10-21-9-8-20-3/h4-7,17H,8-16H2,1-3H3. The molecule has 0 N–H and O–H groups in total. The maximum Gasteiger partial charge on any atom is 0.0720 e. The molecule has 1 aromatic carbocycles. The van der Waals surface area contributed by atoms with Gasteiger partial charge in [0, 0.05) is 7.11 Å². The lowest BCUT2D eigenvalue weighted by Crippen LogP contribution is -2.13. The van der Waals surface area contributed by atoms with Gasteiger partial charge in [-0.2, -0.15) is 0 Å². The van der Waals surface area contributed by atoms with Crippen molar-refractivity contribution < 1.29 is 23.7 Å². The predicted molar refractivity (Wildman–Crippen MR) is 94.5 cm³/mol. The highest BCUT2D eigenvalue weighted by Gasteiger charge is 2.05. The van der Waals surface area contributed by atoms with Crippen LogP contribution in [0.25, 0.3) is 0 Å². The number of rotatable bonds is 15. The average molecular weight is 340 g/mol. The zero-order valence-corrected chi connectivity index (χ0v) is 15.3. The van der Waals surface area contributed by atoms with Crippen LogP contribution in [0.4, 0.5) is 0 Å². The first-order chi connectivity index (χ1) is 11.8. The molecule has 24 heavy (non-hydrogen) atoms. The maximum atomic E-state index is 5.70. The normalized spacial score (nSPS) is 11.3. The zero-order valence-electron chi connectivity index (χ0n) is 15.3. The molecule has 0 saturated carbocycles. The Morgan fingerprint density at radius 2 is 1.21 bits per heavy atom. The van der Waals surface area contributed by atoms with Crippen LogP contribution in [0.2, 0.25) is 0 Å². The molecule has 0 bridgehead atoms. The van der Waals surface area contributed by atoms with Crippen LogP contribution in [0.1, 0.15) is 30.9 Å². The lowest BCUT2D eigenvalue weighted by Gasteiger charge is -2.13. The Morgan fingerprint density at radius 1 is 0.708 bits per heavy atom. The monoisotopic (exact) mass is 340 g/mol. The first kappa shape index (κ1) is 21.1. The minimum atomic E-state index is 0.511. The molecule has 138 valence electrons. The van der Waals surface area contributed by atoms with Gasteiger partial charge in [-0.1, -0.05) is 38.1 Å². The third-order valence-corrected chi connectivity index (χ3v) is 3.48. The van der Waals surface area contributed by atoms with Gasteiger partial charge in [-0.05, 0) is 17.0 Å². The minimum Gasteiger partial charge on any atom is -0.382 e. The second-order valence-corrected chi connectivity index (χ2v) is 5.74. The molecular weight excluding hydrogens is 308 g/mol. The van der Waals surface area contributed by atoms with Gasteiger partial charge in [-0.15, -0.1) is 0 Å². The van der Waals surface area contributed by atoms with Crippen LogP contribution >= 0.6 is 0 Å². The summed E-state index contributed by atoms with van der Waals surface area (Å²) in [6.07, 6.45) is 0. The molecule has 0 spiro atoms. The van der Waals surface area contributed by atoms with Crippen LogP contribution in [-0.2, 0) is 30.3 Å². The predicted octanol–water partition coefficient (Wildman–Crippen LogP) is 3.02. The largest absolute Gasteiger partial charge is 0.382 e. The molecule has 0 amide bonds. The average Bonchev–Trinajstić information content (AvgIpc) is 2.59. The molecule has 0 aliphatic heterocycles. The summed E-state index contributed by atoms with van der Waals surface area (Å²) in [6.45, 7) is 9.73. The van der Waals surface area contributed by atoms with E-state index in [0.29, 0.717) is 65.4 Å². The first-order valence-electron chi connectivity index (χ1n) is 8.63. The number of methoxy groups -OCH3 is 1. The molecule has 0 radical (unpaired) electrons. The van der Waals surface area contributed by atoms with E-state index in [1.54, 1.807) is 7.11 Å². The van der Waals surface area contributed by atoms with Gasteiger partial charge in [0.15, 0.2) is 0 Å². The Balaban J connectivity index is 1.92. The molecule has 0 atom stereocenters. The van der Waals surface area contributed by atoms with Gasteiger partial charge in [0.25, 0.3) is 0 Å². The molecule has 0 fully saturated rings. The Morgan fingerprint density at radius 3 is 1.75 bits per heavy atom. The molecular formula is C19H32O5. The van der Waals surface area contributed by atoms with Gasteiger partial charge in [0.1, 0.15) is 0 Å². The van der Waals surface area contributed by atoms with Crippen LogP contribution in [0.5, 0.6) is 0 Å². The van der Waals surface area contributed by atoms with Crippen molar-refractivity contribution in [3.05, 3.63) is 35.4 Å². The van der Waals surface area contributed by atoms with Crippen LogP contribution < -0.4 is 0 Å². The highest BCUT2D eigenvalue weighted by molar-refractivity contribution is 5.28. The second-order valence-electron chi connectivity index (χ2n) is 5.74. The van der Waals surface area contributed by atoms with Gasteiger partial charge in [-0.25, -0.2) is 0 Å². The Bertz CT molecular complexity index is 408. The molecule has 0 unspecified atom stereocenters. The molecule has 1 aromatic rings. The topological polar surface area (TPSA) is 46.2 Å². The highest BCUT2D eigenvalue weighted by Crippen LogP contribution is 2.19. The van der Waals surface area contributed by atoms with E-state index in [2.05, 4.69) is 38.1 Å². The first-order valence-corrected chi connectivity index (χ1v) is 8.63. The summed E-state index contributed by atoms with van der Waals surface area (Å²) < 4.78 is 26.8. The summed E-state index contributed by atoms with van der Waals surface area (Å²) in [5.74, 6) is 0.511. The van der Waals surface area contributed by atoms with E-state index in [0.717, 1.165) is 0 Å². The second kappa shape index (κ2) is 14.4. The summed E-state index contributed by atoms with van der Waals surface area (Å²) in [7, 11) is 1.66. The van der Waals surface area contributed by atoms with Crippen molar-refractivity contribution in [2.75, 3.05) is 60.0 Å². The summed E-state index contributed by atoms with van der Waals surface area (Å²) in [6, 6.07) is 8.41. The zero-order chi connectivity index (χ0) is 17.5. The van der Waals surface area contributed by atoms with Crippen LogP contribution in [0.3, 0.4) is 0 Å². The fraction of sp³-hybridized carbons (Fsp3) is 0.684. The van der Waals surface area contributed by atoms with E-state index in [1.807, 2.05) is 0 Å². The Hall–Kier alpha value is -0.980. The fourth-order valence-corrected chi connectivity index (χ4v) is 2.21. The quantitative estimate of drug-likeness (QED) is 0.459. The van der Waals surface area contributed by atoms with Crippen molar-refractivity contribution in [3.8, 4) is 0 Å².